The Kier molecular flexibility index (Phi) is 7.86. The van der Waals surface area contributed by atoms with Crippen molar-refractivity contribution in [2.45, 2.75) is 31.7 Å². The number of piperidine rings is 1. The molecule has 0 spiro atoms. The van der Waals surface area contributed by atoms with E-state index in [9.17, 15) is 4.79 Å². The zero-order chi connectivity index (χ0) is 14.4. The van der Waals surface area contributed by atoms with Crippen LogP contribution in [0.2, 0.25) is 5.02 Å². The van der Waals surface area contributed by atoms with Crippen molar-refractivity contribution in [3.8, 4) is 5.75 Å². The quantitative estimate of drug-likeness (QED) is 0.901. The Hall–Kier alpha value is -0.970. The van der Waals surface area contributed by atoms with E-state index in [0.29, 0.717) is 17.3 Å². The molecule has 1 atom stereocenters. The fourth-order valence-corrected chi connectivity index (χ4v) is 2.79. The molecule has 4 nitrogen and oxygen atoms in total. The minimum atomic E-state index is 0. The second kappa shape index (κ2) is 9.13. The molecule has 118 valence electrons. The standard InChI is InChI=1S/C15H21ClN2O2.ClH/c16-12-4-3-6-14(10-12)20-11-15(19)18-9-2-1-5-13(18)7-8-17;/h3-4,6,10,13H,1-2,5,7-9,11,17H2;1H. The van der Waals surface area contributed by atoms with Crippen molar-refractivity contribution in [2.24, 2.45) is 5.73 Å². The van der Waals surface area contributed by atoms with Crippen molar-refractivity contribution in [3.63, 3.8) is 0 Å². The van der Waals surface area contributed by atoms with Crippen molar-refractivity contribution in [1.82, 2.24) is 4.90 Å². The lowest BCUT2D eigenvalue weighted by atomic mass is 9.99. The van der Waals surface area contributed by atoms with Gasteiger partial charge in [-0.05, 0) is 50.4 Å². The first-order valence-electron chi connectivity index (χ1n) is 7.08. The van der Waals surface area contributed by atoms with Gasteiger partial charge in [0.2, 0.25) is 0 Å². The highest BCUT2D eigenvalue weighted by Crippen LogP contribution is 2.20. The van der Waals surface area contributed by atoms with E-state index in [-0.39, 0.29) is 31.0 Å². The minimum absolute atomic E-state index is 0. The highest BCUT2D eigenvalue weighted by molar-refractivity contribution is 6.30. The summed E-state index contributed by atoms with van der Waals surface area (Å²) in [6.07, 6.45) is 4.14. The van der Waals surface area contributed by atoms with Gasteiger partial charge in [0.15, 0.2) is 6.61 Å². The first-order valence-corrected chi connectivity index (χ1v) is 7.46. The van der Waals surface area contributed by atoms with E-state index in [2.05, 4.69) is 0 Å². The van der Waals surface area contributed by atoms with Gasteiger partial charge < -0.3 is 15.4 Å². The molecule has 21 heavy (non-hydrogen) atoms. The number of amides is 1. The lowest BCUT2D eigenvalue weighted by molar-refractivity contribution is -0.137. The Balaban J connectivity index is 0.00000220. The van der Waals surface area contributed by atoms with Crippen LogP contribution in [0.1, 0.15) is 25.7 Å². The van der Waals surface area contributed by atoms with Crippen LogP contribution in [0.15, 0.2) is 24.3 Å². The molecule has 1 saturated heterocycles. The number of nitrogens with zero attached hydrogens (tertiary/aromatic N) is 1. The average molecular weight is 333 g/mol. The minimum Gasteiger partial charge on any atom is -0.484 e. The van der Waals surface area contributed by atoms with Crippen molar-refractivity contribution in [2.75, 3.05) is 19.7 Å². The molecule has 6 heteroatoms. The molecule has 1 unspecified atom stereocenters. The summed E-state index contributed by atoms with van der Waals surface area (Å²) >= 11 is 5.88. The lowest BCUT2D eigenvalue weighted by Crippen LogP contribution is -2.46. The number of hydrogen-bond donors (Lipinski definition) is 1. The second-order valence-electron chi connectivity index (χ2n) is 5.06. The molecule has 0 radical (unpaired) electrons. The van der Waals surface area contributed by atoms with Gasteiger partial charge in [-0.25, -0.2) is 0 Å². The maximum Gasteiger partial charge on any atom is 0.260 e. The third kappa shape index (κ3) is 5.38. The summed E-state index contributed by atoms with van der Waals surface area (Å²) in [5.41, 5.74) is 5.62. The molecular weight excluding hydrogens is 311 g/mol. The lowest BCUT2D eigenvalue weighted by Gasteiger charge is -2.35. The molecule has 0 aromatic heterocycles. The predicted octanol–water partition coefficient (Wildman–Crippen LogP) is 2.87. The Morgan fingerprint density at radius 2 is 2.24 bits per heavy atom. The Morgan fingerprint density at radius 3 is 2.95 bits per heavy atom. The average Bonchev–Trinajstić information content (AvgIpc) is 2.46. The van der Waals surface area contributed by atoms with E-state index in [4.69, 9.17) is 22.1 Å². The number of rotatable bonds is 5. The SMILES string of the molecule is Cl.NCCC1CCCCN1C(=O)COc1cccc(Cl)c1. The molecular formula is C15H22Cl2N2O2. The largest absolute Gasteiger partial charge is 0.484 e. The zero-order valence-corrected chi connectivity index (χ0v) is 13.5. The van der Waals surface area contributed by atoms with Crippen LogP contribution < -0.4 is 10.5 Å². The van der Waals surface area contributed by atoms with Gasteiger partial charge in [-0.1, -0.05) is 17.7 Å². The monoisotopic (exact) mass is 332 g/mol. The third-order valence-corrected chi connectivity index (χ3v) is 3.84. The van der Waals surface area contributed by atoms with Crippen LogP contribution >= 0.6 is 24.0 Å². The van der Waals surface area contributed by atoms with Crippen molar-refractivity contribution in [3.05, 3.63) is 29.3 Å². The van der Waals surface area contributed by atoms with Gasteiger partial charge in [0, 0.05) is 17.6 Å². The number of likely N-dealkylation sites (tertiary alicyclic amines) is 1. The first kappa shape index (κ1) is 18.1. The Morgan fingerprint density at radius 1 is 1.43 bits per heavy atom. The number of ether oxygens (including phenoxy) is 1. The summed E-state index contributed by atoms with van der Waals surface area (Å²) in [6.45, 7) is 1.48. The van der Waals surface area contributed by atoms with E-state index in [1.54, 1.807) is 24.3 Å². The second-order valence-corrected chi connectivity index (χ2v) is 5.50. The Labute approximate surface area is 137 Å². The normalized spacial score (nSPS) is 18.0. The number of halogens is 2. The van der Waals surface area contributed by atoms with E-state index < -0.39 is 0 Å². The number of carbonyl (C=O) groups excluding carboxylic acids is 1. The third-order valence-electron chi connectivity index (χ3n) is 3.61. The molecule has 1 aromatic carbocycles. The van der Waals surface area contributed by atoms with Gasteiger partial charge in [0.1, 0.15) is 5.75 Å². The number of carbonyl (C=O) groups is 1. The Bertz CT molecular complexity index is 455. The van der Waals surface area contributed by atoms with E-state index in [0.717, 1.165) is 25.8 Å². The molecule has 0 bridgehead atoms. The molecule has 1 aliphatic rings. The summed E-state index contributed by atoms with van der Waals surface area (Å²) in [6, 6.07) is 7.36. The molecule has 1 aromatic rings. The van der Waals surface area contributed by atoms with Crippen molar-refractivity contribution < 1.29 is 9.53 Å². The summed E-state index contributed by atoms with van der Waals surface area (Å²) in [4.78, 5) is 14.2. The van der Waals surface area contributed by atoms with Crippen LogP contribution in [0.5, 0.6) is 5.75 Å². The first-order chi connectivity index (χ1) is 9.70. The fraction of sp³-hybridized carbons (Fsp3) is 0.533. The van der Waals surface area contributed by atoms with Gasteiger partial charge >= 0.3 is 0 Å². The van der Waals surface area contributed by atoms with Crippen LogP contribution in [0, 0.1) is 0 Å². The molecule has 1 heterocycles. The molecule has 1 amide bonds. The molecule has 0 saturated carbocycles. The van der Waals surface area contributed by atoms with Gasteiger partial charge in [-0.15, -0.1) is 12.4 Å². The van der Waals surface area contributed by atoms with Crippen molar-refractivity contribution >= 4 is 29.9 Å². The summed E-state index contributed by atoms with van der Waals surface area (Å²) in [5, 5.41) is 0.605. The van der Waals surface area contributed by atoms with Crippen LogP contribution in [0.4, 0.5) is 0 Å². The predicted molar refractivity (Wildman–Crippen MR) is 87.2 cm³/mol. The summed E-state index contributed by atoms with van der Waals surface area (Å²) < 4.78 is 5.52. The molecule has 2 rings (SSSR count). The van der Waals surface area contributed by atoms with E-state index in [1.165, 1.54) is 6.42 Å². The number of nitrogens with two attached hydrogens (primary N) is 1. The zero-order valence-electron chi connectivity index (χ0n) is 12.0. The molecule has 0 aliphatic carbocycles. The maximum absolute atomic E-state index is 12.3. The molecule has 2 N–H and O–H groups in total. The van der Waals surface area contributed by atoms with E-state index in [1.807, 2.05) is 4.90 Å². The smallest absolute Gasteiger partial charge is 0.260 e. The van der Waals surface area contributed by atoms with Gasteiger partial charge in [-0.3, -0.25) is 4.79 Å². The van der Waals surface area contributed by atoms with Crippen LogP contribution in [0.25, 0.3) is 0 Å². The summed E-state index contributed by atoms with van der Waals surface area (Å²) in [5.74, 6) is 0.654. The van der Waals surface area contributed by atoms with Crippen molar-refractivity contribution in [1.29, 1.82) is 0 Å². The highest BCUT2D eigenvalue weighted by atomic mass is 35.5. The summed E-state index contributed by atoms with van der Waals surface area (Å²) in [7, 11) is 0. The number of benzene rings is 1. The van der Waals surface area contributed by atoms with Crippen LogP contribution in [-0.2, 0) is 4.79 Å². The van der Waals surface area contributed by atoms with E-state index >= 15 is 0 Å². The van der Waals surface area contributed by atoms with Crippen LogP contribution in [0.3, 0.4) is 0 Å². The van der Waals surface area contributed by atoms with Gasteiger partial charge in [-0.2, -0.15) is 0 Å². The van der Waals surface area contributed by atoms with Gasteiger partial charge in [0.25, 0.3) is 5.91 Å². The molecule has 1 fully saturated rings. The topological polar surface area (TPSA) is 55.6 Å². The number of hydrogen-bond acceptors (Lipinski definition) is 3. The van der Waals surface area contributed by atoms with Crippen LogP contribution in [-0.4, -0.2) is 36.5 Å². The fourth-order valence-electron chi connectivity index (χ4n) is 2.61. The highest BCUT2D eigenvalue weighted by Gasteiger charge is 2.26. The van der Waals surface area contributed by atoms with Gasteiger partial charge in [0.05, 0.1) is 0 Å². The molecule has 1 aliphatic heterocycles. The maximum atomic E-state index is 12.3.